The molecule has 2 N–H and O–H groups in total. The van der Waals surface area contributed by atoms with Crippen molar-refractivity contribution in [1.29, 1.82) is 0 Å². The average molecular weight is 490 g/mol. The summed E-state index contributed by atoms with van der Waals surface area (Å²) in [5, 5.41) is 11.7. The zero-order chi connectivity index (χ0) is 24.9. The van der Waals surface area contributed by atoms with Gasteiger partial charge in [0.1, 0.15) is 5.57 Å². The first-order chi connectivity index (χ1) is 16.7. The predicted octanol–water partition coefficient (Wildman–Crippen LogP) is 3.35. The summed E-state index contributed by atoms with van der Waals surface area (Å²) in [5.41, 5.74) is 3.34. The molecule has 10 heteroatoms. The van der Waals surface area contributed by atoms with Crippen LogP contribution in [-0.2, 0) is 9.59 Å². The Hall–Kier alpha value is -4.44. The van der Waals surface area contributed by atoms with Crippen molar-refractivity contribution < 1.29 is 29.0 Å². The molecule has 0 unspecified atom stereocenters. The van der Waals surface area contributed by atoms with Gasteiger partial charge in [0.05, 0.1) is 11.3 Å². The standard InChI is InChI=1S/C25H19N3O6S/c1-13-8-16(14(2)27(13)18-6-7-20-21(11-18)34-12-33-20)10-19-22(29)26-25(35)28(23(19)30)17-5-3-4-15(9-17)24(31)32/h3-11H,12H2,1-2H3,(H,31,32)(H,26,29,35). The Bertz CT molecular complexity index is 1470. The van der Waals surface area contributed by atoms with Crippen LogP contribution in [0.15, 0.2) is 54.1 Å². The van der Waals surface area contributed by atoms with Gasteiger partial charge in [0.2, 0.25) is 6.79 Å². The Balaban J connectivity index is 1.54. The monoisotopic (exact) mass is 489 g/mol. The fraction of sp³-hybridized carbons (Fsp3) is 0.120. The number of nitrogens with one attached hydrogen (secondary N) is 1. The van der Waals surface area contributed by atoms with Crippen LogP contribution in [0.5, 0.6) is 11.5 Å². The average Bonchev–Trinajstić information content (AvgIpc) is 3.39. The highest BCUT2D eigenvalue weighted by atomic mass is 32.1. The molecular weight excluding hydrogens is 470 g/mol. The number of carbonyl (C=O) groups is 3. The zero-order valence-electron chi connectivity index (χ0n) is 18.7. The number of aromatic nitrogens is 1. The van der Waals surface area contributed by atoms with E-state index in [0.29, 0.717) is 17.1 Å². The van der Waals surface area contributed by atoms with E-state index in [-0.39, 0.29) is 28.7 Å². The fourth-order valence-electron chi connectivity index (χ4n) is 4.18. The quantitative estimate of drug-likeness (QED) is 0.329. The van der Waals surface area contributed by atoms with Crippen LogP contribution >= 0.6 is 12.2 Å². The third-order valence-corrected chi connectivity index (χ3v) is 6.12. The highest BCUT2D eigenvalue weighted by Gasteiger charge is 2.35. The first-order valence-corrected chi connectivity index (χ1v) is 11.0. The number of nitrogens with zero attached hydrogens (tertiary/aromatic N) is 2. The molecule has 3 aromatic rings. The molecule has 1 saturated heterocycles. The summed E-state index contributed by atoms with van der Waals surface area (Å²) >= 11 is 5.22. The first kappa shape index (κ1) is 22.4. The van der Waals surface area contributed by atoms with Crippen molar-refractivity contribution in [3.8, 4) is 17.2 Å². The van der Waals surface area contributed by atoms with Gasteiger partial charge in [0.15, 0.2) is 16.6 Å². The summed E-state index contributed by atoms with van der Waals surface area (Å²) < 4.78 is 12.9. The molecule has 2 aliphatic heterocycles. The molecule has 2 aromatic carbocycles. The van der Waals surface area contributed by atoms with Gasteiger partial charge < -0.3 is 19.1 Å². The van der Waals surface area contributed by atoms with Gasteiger partial charge >= 0.3 is 5.97 Å². The van der Waals surface area contributed by atoms with Crippen LogP contribution in [0.1, 0.15) is 27.3 Å². The molecule has 3 heterocycles. The van der Waals surface area contributed by atoms with Crippen LogP contribution in [0, 0.1) is 13.8 Å². The van der Waals surface area contributed by atoms with E-state index in [1.54, 1.807) is 6.07 Å². The number of aryl methyl sites for hydroxylation is 1. The number of anilines is 1. The predicted molar refractivity (Wildman–Crippen MR) is 131 cm³/mol. The lowest BCUT2D eigenvalue weighted by Crippen LogP contribution is -2.54. The molecule has 0 atom stereocenters. The van der Waals surface area contributed by atoms with Crippen LogP contribution < -0.4 is 19.7 Å². The minimum absolute atomic E-state index is 0.00667. The van der Waals surface area contributed by atoms with Crippen molar-refractivity contribution in [2.75, 3.05) is 11.7 Å². The second-order valence-corrected chi connectivity index (χ2v) is 8.40. The molecule has 1 fully saturated rings. The lowest BCUT2D eigenvalue weighted by atomic mass is 10.1. The highest BCUT2D eigenvalue weighted by molar-refractivity contribution is 7.80. The van der Waals surface area contributed by atoms with E-state index < -0.39 is 17.8 Å². The van der Waals surface area contributed by atoms with Crippen molar-refractivity contribution in [3.63, 3.8) is 0 Å². The Labute approximate surface area is 205 Å². The first-order valence-electron chi connectivity index (χ1n) is 10.6. The Morgan fingerprint density at radius 1 is 1.06 bits per heavy atom. The number of benzene rings is 2. The summed E-state index contributed by atoms with van der Waals surface area (Å²) in [7, 11) is 0. The highest BCUT2D eigenvalue weighted by Crippen LogP contribution is 2.35. The minimum atomic E-state index is -1.14. The van der Waals surface area contributed by atoms with E-state index in [1.807, 2.05) is 42.7 Å². The number of ether oxygens (including phenoxy) is 2. The van der Waals surface area contributed by atoms with E-state index in [4.69, 9.17) is 21.7 Å². The molecular formula is C25H19N3O6S. The fourth-order valence-corrected chi connectivity index (χ4v) is 4.46. The van der Waals surface area contributed by atoms with Gasteiger partial charge in [-0.1, -0.05) is 6.07 Å². The largest absolute Gasteiger partial charge is 0.478 e. The summed E-state index contributed by atoms with van der Waals surface area (Å²) in [5.74, 6) is -1.10. The van der Waals surface area contributed by atoms with Crippen molar-refractivity contribution in [3.05, 3.63) is 76.6 Å². The number of thiocarbonyl (C=S) groups is 1. The Morgan fingerprint density at radius 2 is 1.83 bits per heavy atom. The molecule has 0 radical (unpaired) electrons. The van der Waals surface area contributed by atoms with E-state index in [9.17, 15) is 19.5 Å². The van der Waals surface area contributed by atoms with Crippen molar-refractivity contribution in [2.45, 2.75) is 13.8 Å². The third kappa shape index (κ3) is 3.83. The zero-order valence-corrected chi connectivity index (χ0v) is 19.5. The summed E-state index contributed by atoms with van der Waals surface area (Å²) in [6, 6.07) is 13.3. The van der Waals surface area contributed by atoms with Crippen molar-refractivity contribution in [2.24, 2.45) is 0 Å². The number of fused-ring (bicyclic) bond motifs is 1. The van der Waals surface area contributed by atoms with Crippen molar-refractivity contribution >= 4 is 46.9 Å². The molecule has 0 aliphatic carbocycles. The lowest BCUT2D eigenvalue weighted by Gasteiger charge is -2.29. The van der Waals surface area contributed by atoms with Gasteiger partial charge in [-0.25, -0.2) is 4.79 Å². The summed E-state index contributed by atoms with van der Waals surface area (Å²) in [6.45, 7) is 3.97. The molecule has 2 aliphatic rings. The van der Waals surface area contributed by atoms with E-state index in [0.717, 1.165) is 22.0 Å². The van der Waals surface area contributed by atoms with Gasteiger partial charge in [-0.05, 0) is 74.1 Å². The molecule has 9 nitrogen and oxygen atoms in total. The maximum atomic E-state index is 13.4. The van der Waals surface area contributed by atoms with Crippen LogP contribution in [0.25, 0.3) is 11.8 Å². The second-order valence-electron chi connectivity index (χ2n) is 8.01. The van der Waals surface area contributed by atoms with Crippen molar-refractivity contribution in [1.82, 2.24) is 9.88 Å². The Morgan fingerprint density at radius 3 is 2.60 bits per heavy atom. The SMILES string of the molecule is Cc1cc(C=C2C(=O)NC(=S)N(c3cccc(C(=O)O)c3)C2=O)c(C)n1-c1ccc2c(c1)OCO2. The number of amides is 2. The van der Waals surface area contributed by atoms with Gasteiger partial charge in [-0.15, -0.1) is 0 Å². The molecule has 2 amide bonds. The molecule has 35 heavy (non-hydrogen) atoms. The number of carboxylic acids is 1. The number of hydrogen-bond donors (Lipinski definition) is 2. The maximum Gasteiger partial charge on any atom is 0.335 e. The van der Waals surface area contributed by atoms with Gasteiger partial charge in [0, 0.05) is 23.1 Å². The normalized spacial score (nSPS) is 16.1. The molecule has 1 aromatic heterocycles. The number of aromatic carboxylic acids is 1. The molecule has 176 valence electrons. The lowest BCUT2D eigenvalue weighted by molar-refractivity contribution is -0.122. The van der Waals surface area contributed by atoms with E-state index in [1.165, 1.54) is 24.3 Å². The van der Waals surface area contributed by atoms with Crippen LogP contribution in [0.3, 0.4) is 0 Å². The van der Waals surface area contributed by atoms with Crippen LogP contribution in [0.2, 0.25) is 0 Å². The van der Waals surface area contributed by atoms with Crippen LogP contribution in [0.4, 0.5) is 5.69 Å². The number of carboxylic acid groups (broad SMARTS) is 1. The molecule has 0 bridgehead atoms. The molecule has 0 saturated carbocycles. The number of rotatable bonds is 4. The number of carbonyl (C=O) groups excluding carboxylic acids is 2. The molecule has 0 spiro atoms. The Kier molecular flexibility index (Phi) is 5.37. The third-order valence-electron chi connectivity index (χ3n) is 5.84. The second kappa shape index (κ2) is 8.41. The maximum absolute atomic E-state index is 13.4. The van der Waals surface area contributed by atoms with Crippen LogP contribution in [-0.4, -0.2) is 39.4 Å². The van der Waals surface area contributed by atoms with Gasteiger partial charge in [0.25, 0.3) is 11.8 Å². The topological polar surface area (TPSA) is 110 Å². The van der Waals surface area contributed by atoms with E-state index in [2.05, 4.69) is 5.32 Å². The van der Waals surface area contributed by atoms with Gasteiger partial charge in [-0.3, -0.25) is 19.8 Å². The summed E-state index contributed by atoms with van der Waals surface area (Å²) in [6.07, 6.45) is 1.51. The summed E-state index contributed by atoms with van der Waals surface area (Å²) in [4.78, 5) is 38.6. The molecule has 5 rings (SSSR count). The smallest absolute Gasteiger partial charge is 0.335 e. The van der Waals surface area contributed by atoms with E-state index >= 15 is 0 Å². The number of hydrogen-bond acceptors (Lipinski definition) is 6. The minimum Gasteiger partial charge on any atom is -0.478 e. The van der Waals surface area contributed by atoms with Gasteiger partial charge in [-0.2, -0.15) is 0 Å².